The monoisotopic (exact) mass is 182 g/mol. The number of hydrogen-bond acceptors (Lipinski definition) is 4. The van der Waals surface area contributed by atoms with Crippen molar-refractivity contribution in [3.8, 4) is 6.07 Å². The SMILES string of the molecule is N#Cc1ccc(C(=O)OCl)nc1. The first-order valence-electron chi connectivity index (χ1n) is 2.97. The number of carbonyl (C=O) groups is 1. The largest absolute Gasteiger partial charge is 0.374 e. The van der Waals surface area contributed by atoms with Gasteiger partial charge in [-0.15, -0.1) is 0 Å². The summed E-state index contributed by atoms with van der Waals surface area (Å²) in [5, 5.41) is 8.39. The summed E-state index contributed by atoms with van der Waals surface area (Å²) < 4.78 is 3.90. The standard InChI is InChI=1S/C7H3ClN2O2/c8-12-7(11)6-2-1-5(3-9)4-10-6/h1-2,4H. The molecule has 0 bridgehead atoms. The molecule has 0 radical (unpaired) electrons. The van der Waals surface area contributed by atoms with Crippen LogP contribution in [0.15, 0.2) is 18.3 Å². The van der Waals surface area contributed by atoms with Gasteiger partial charge >= 0.3 is 5.97 Å². The smallest absolute Gasteiger partial charge is 0.342 e. The Morgan fingerprint density at radius 3 is 2.83 bits per heavy atom. The van der Waals surface area contributed by atoms with Crippen molar-refractivity contribution in [1.82, 2.24) is 4.98 Å². The van der Waals surface area contributed by atoms with Crippen LogP contribution in [0.1, 0.15) is 16.1 Å². The van der Waals surface area contributed by atoms with Gasteiger partial charge in [-0.25, -0.2) is 9.78 Å². The lowest BCUT2D eigenvalue weighted by Gasteiger charge is -1.93. The van der Waals surface area contributed by atoms with Crippen molar-refractivity contribution < 1.29 is 9.08 Å². The van der Waals surface area contributed by atoms with E-state index in [1.165, 1.54) is 18.3 Å². The molecular weight excluding hydrogens is 180 g/mol. The van der Waals surface area contributed by atoms with E-state index in [0.29, 0.717) is 5.56 Å². The van der Waals surface area contributed by atoms with Crippen LogP contribution in [0, 0.1) is 11.3 Å². The highest BCUT2D eigenvalue weighted by molar-refractivity contribution is 6.15. The second-order valence-electron chi connectivity index (χ2n) is 1.91. The normalized spacial score (nSPS) is 8.67. The third-order valence-electron chi connectivity index (χ3n) is 1.17. The number of halogens is 1. The summed E-state index contributed by atoms with van der Waals surface area (Å²) in [5.74, 6) is -0.735. The van der Waals surface area contributed by atoms with E-state index in [2.05, 4.69) is 9.27 Å². The molecule has 4 nitrogen and oxygen atoms in total. The van der Waals surface area contributed by atoms with E-state index in [4.69, 9.17) is 17.1 Å². The summed E-state index contributed by atoms with van der Waals surface area (Å²) in [6, 6.07) is 4.68. The minimum Gasteiger partial charge on any atom is -0.342 e. The fraction of sp³-hybridized carbons (Fsp3) is 0. The van der Waals surface area contributed by atoms with Crippen LogP contribution in [0.5, 0.6) is 0 Å². The molecule has 0 N–H and O–H groups in total. The Hall–Kier alpha value is -1.60. The maximum absolute atomic E-state index is 10.7. The molecule has 60 valence electrons. The Kier molecular flexibility index (Phi) is 2.62. The minimum absolute atomic E-state index is 0.0731. The predicted molar refractivity (Wildman–Crippen MR) is 40.2 cm³/mol. The summed E-state index contributed by atoms with van der Waals surface area (Å²) in [7, 11) is 0. The predicted octanol–water partition coefficient (Wildman–Crippen LogP) is 1.26. The molecule has 0 unspecified atom stereocenters. The lowest BCUT2D eigenvalue weighted by molar-refractivity contribution is 0.0745. The quantitative estimate of drug-likeness (QED) is 0.656. The average molecular weight is 183 g/mol. The molecule has 0 aliphatic heterocycles. The van der Waals surface area contributed by atoms with E-state index in [9.17, 15) is 4.79 Å². The molecule has 1 rings (SSSR count). The Morgan fingerprint density at radius 2 is 2.42 bits per heavy atom. The van der Waals surface area contributed by atoms with Crippen LogP contribution < -0.4 is 0 Å². The van der Waals surface area contributed by atoms with Crippen molar-refractivity contribution in [2.45, 2.75) is 0 Å². The second kappa shape index (κ2) is 3.69. The lowest BCUT2D eigenvalue weighted by Crippen LogP contribution is -2.00. The first-order chi connectivity index (χ1) is 5.77. The Labute approximate surface area is 73.5 Å². The van der Waals surface area contributed by atoms with Gasteiger partial charge in [0, 0.05) is 6.20 Å². The van der Waals surface area contributed by atoms with Crippen LogP contribution in [0.2, 0.25) is 0 Å². The molecule has 1 aromatic rings. The number of carbonyl (C=O) groups excluding carboxylic acids is 1. The van der Waals surface area contributed by atoms with Gasteiger partial charge in [-0.3, -0.25) is 0 Å². The van der Waals surface area contributed by atoms with Crippen molar-refractivity contribution in [3.05, 3.63) is 29.6 Å². The molecule has 0 aliphatic carbocycles. The van der Waals surface area contributed by atoms with Crippen LogP contribution in [-0.4, -0.2) is 11.0 Å². The van der Waals surface area contributed by atoms with Gasteiger partial charge in [0.1, 0.15) is 23.6 Å². The van der Waals surface area contributed by atoms with E-state index in [0.717, 1.165) is 0 Å². The highest BCUT2D eigenvalue weighted by Gasteiger charge is 2.06. The molecule has 12 heavy (non-hydrogen) atoms. The molecule has 1 aromatic heterocycles. The summed E-state index contributed by atoms with van der Waals surface area (Å²) in [6.45, 7) is 0. The molecule has 0 saturated carbocycles. The van der Waals surface area contributed by atoms with Gasteiger partial charge in [0.2, 0.25) is 0 Å². The zero-order chi connectivity index (χ0) is 8.97. The van der Waals surface area contributed by atoms with Crippen molar-refractivity contribution in [3.63, 3.8) is 0 Å². The van der Waals surface area contributed by atoms with Crippen LogP contribution in [0.3, 0.4) is 0 Å². The molecule has 0 amide bonds. The summed E-state index contributed by atoms with van der Waals surface area (Å²) in [4.78, 5) is 14.4. The maximum atomic E-state index is 10.7. The fourth-order valence-corrected chi connectivity index (χ4v) is 0.699. The van der Waals surface area contributed by atoms with Gasteiger partial charge in [-0.05, 0) is 12.1 Å². The number of hydrogen-bond donors (Lipinski definition) is 0. The Morgan fingerprint density at radius 1 is 1.67 bits per heavy atom. The van der Waals surface area contributed by atoms with Crippen LogP contribution in [0.25, 0.3) is 0 Å². The maximum Gasteiger partial charge on any atom is 0.374 e. The minimum atomic E-state index is -0.735. The molecule has 0 spiro atoms. The highest BCUT2D eigenvalue weighted by atomic mass is 35.5. The number of nitrogens with zero attached hydrogens (tertiary/aromatic N) is 2. The summed E-state index contributed by atoms with van der Waals surface area (Å²) in [6.07, 6.45) is 1.27. The van der Waals surface area contributed by atoms with E-state index >= 15 is 0 Å². The molecule has 0 atom stereocenters. The number of pyridine rings is 1. The van der Waals surface area contributed by atoms with Crippen LogP contribution >= 0.6 is 11.9 Å². The highest BCUT2D eigenvalue weighted by Crippen LogP contribution is 2.01. The summed E-state index contributed by atoms with van der Waals surface area (Å²) >= 11 is 4.81. The van der Waals surface area contributed by atoms with Crippen molar-refractivity contribution >= 4 is 17.8 Å². The first-order valence-corrected chi connectivity index (χ1v) is 3.28. The van der Waals surface area contributed by atoms with Crippen LogP contribution in [0.4, 0.5) is 0 Å². The number of nitriles is 1. The van der Waals surface area contributed by atoms with Crippen LogP contribution in [-0.2, 0) is 4.29 Å². The van der Waals surface area contributed by atoms with Crippen molar-refractivity contribution in [2.75, 3.05) is 0 Å². The first kappa shape index (κ1) is 8.50. The van der Waals surface area contributed by atoms with Gasteiger partial charge in [0.15, 0.2) is 0 Å². The molecule has 0 aromatic carbocycles. The second-order valence-corrected chi connectivity index (χ2v) is 2.06. The molecule has 1 heterocycles. The zero-order valence-electron chi connectivity index (χ0n) is 5.82. The van der Waals surface area contributed by atoms with E-state index in [1.54, 1.807) is 0 Å². The topological polar surface area (TPSA) is 63.0 Å². The molecule has 0 aliphatic rings. The van der Waals surface area contributed by atoms with Crippen molar-refractivity contribution in [2.24, 2.45) is 0 Å². The lowest BCUT2D eigenvalue weighted by atomic mass is 10.3. The van der Waals surface area contributed by atoms with Gasteiger partial charge in [-0.1, -0.05) is 0 Å². The van der Waals surface area contributed by atoms with Gasteiger partial charge in [0.05, 0.1) is 5.56 Å². The number of rotatable bonds is 1. The van der Waals surface area contributed by atoms with Gasteiger partial charge in [0.25, 0.3) is 0 Å². The van der Waals surface area contributed by atoms with Gasteiger partial charge < -0.3 is 4.29 Å². The summed E-state index contributed by atoms with van der Waals surface area (Å²) in [5.41, 5.74) is 0.449. The average Bonchev–Trinajstić information content (AvgIpc) is 2.17. The molecule has 5 heteroatoms. The van der Waals surface area contributed by atoms with E-state index in [-0.39, 0.29) is 5.69 Å². The fourth-order valence-electron chi connectivity index (χ4n) is 0.620. The van der Waals surface area contributed by atoms with E-state index < -0.39 is 5.97 Å². The third-order valence-corrected chi connectivity index (χ3v) is 1.31. The zero-order valence-corrected chi connectivity index (χ0v) is 6.58. The molecule has 0 saturated heterocycles. The Balaban J connectivity index is 2.94. The molecule has 0 fully saturated rings. The van der Waals surface area contributed by atoms with Crippen molar-refractivity contribution in [1.29, 1.82) is 5.26 Å². The third kappa shape index (κ3) is 1.71. The Bertz CT molecular complexity index is 328. The van der Waals surface area contributed by atoms with Gasteiger partial charge in [-0.2, -0.15) is 5.26 Å². The van der Waals surface area contributed by atoms with E-state index in [1.807, 2.05) is 6.07 Å². The molecular formula is C7H3ClN2O2. The number of aromatic nitrogens is 1.